The van der Waals surface area contributed by atoms with E-state index in [1.165, 1.54) is 22.3 Å². The van der Waals surface area contributed by atoms with Crippen LogP contribution in [0.2, 0.25) is 10.0 Å². The van der Waals surface area contributed by atoms with Gasteiger partial charge in [-0.05, 0) is 34.4 Å². The highest BCUT2D eigenvalue weighted by atomic mass is 35.5. The molecular weight excluding hydrogens is 334 g/mol. The van der Waals surface area contributed by atoms with Gasteiger partial charge in [-0.3, -0.25) is 0 Å². The third-order valence-electron chi connectivity index (χ3n) is 4.40. The molecule has 2 bridgehead atoms. The molecule has 20 heavy (non-hydrogen) atoms. The maximum absolute atomic E-state index is 6.60. The Balaban J connectivity index is 2.05. The van der Waals surface area contributed by atoms with Gasteiger partial charge in [0.1, 0.15) is 0 Å². The van der Waals surface area contributed by atoms with E-state index < -0.39 is 0 Å². The highest BCUT2D eigenvalue weighted by molar-refractivity contribution is 6.42. The Kier molecular flexibility index (Phi) is 3.02. The Bertz CT molecular complexity index is 650. The molecule has 0 amide bonds. The van der Waals surface area contributed by atoms with Crippen LogP contribution in [-0.4, -0.2) is 10.8 Å². The first-order valence-electron chi connectivity index (χ1n) is 6.45. The molecule has 2 aromatic carbocycles. The lowest BCUT2D eigenvalue weighted by atomic mass is 9.63. The van der Waals surface area contributed by atoms with E-state index in [4.69, 9.17) is 46.4 Å². The summed E-state index contributed by atoms with van der Waals surface area (Å²) in [4.78, 5) is 0. The molecule has 0 fully saturated rings. The zero-order valence-corrected chi connectivity index (χ0v) is 13.3. The third kappa shape index (κ3) is 1.63. The topological polar surface area (TPSA) is 0 Å². The maximum Gasteiger partial charge on any atom is 0.0618 e. The molecule has 0 unspecified atom stereocenters. The minimum atomic E-state index is -0.124. The van der Waals surface area contributed by atoms with Crippen molar-refractivity contribution in [3.63, 3.8) is 0 Å². The average Bonchev–Trinajstić information content (AvgIpc) is 2.44. The second kappa shape index (κ2) is 4.55. The number of alkyl halides is 2. The number of fused-ring (bicyclic) bond motifs is 1. The van der Waals surface area contributed by atoms with Crippen molar-refractivity contribution in [3.8, 4) is 0 Å². The molecule has 0 aliphatic heterocycles. The predicted octanol–water partition coefficient (Wildman–Crippen LogP) is 5.80. The van der Waals surface area contributed by atoms with Gasteiger partial charge in [-0.25, -0.2) is 0 Å². The van der Waals surface area contributed by atoms with E-state index in [0.29, 0.717) is 10.0 Å². The largest absolute Gasteiger partial charge is 0.120 e. The van der Waals surface area contributed by atoms with E-state index in [2.05, 4.69) is 12.1 Å². The fraction of sp³-hybridized carbons (Fsp3) is 0.250. The van der Waals surface area contributed by atoms with Gasteiger partial charge in [0.05, 0.1) is 20.8 Å². The van der Waals surface area contributed by atoms with Crippen LogP contribution in [0.3, 0.4) is 0 Å². The van der Waals surface area contributed by atoms with Crippen molar-refractivity contribution in [2.75, 3.05) is 0 Å². The van der Waals surface area contributed by atoms with Gasteiger partial charge in [-0.2, -0.15) is 0 Å². The molecule has 0 saturated carbocycles. The normalized spacial score (nSPS) is 30.0. The highest BCUT2D eigenvalue weighted by Crippen LogP contribution is 2.57. The van der Waals surface area contributed by atoms with Crippen LogP contribution in [0.4, 0.5) is 0 Å². The van der Waals surface area contributed by atoms with Crippen molar-refractivity contribution in [3.05, 3.63) is 68.7 Å². The van der Waals surface area contributed by atoms with Crippen LogP contribution in [0.25, 0.3) is 0 Å². The Morgan fingerprint density at radius 1 is 0.650 bits per heavy atom. The fourth-order valence-electron chi connectivity index (χ4n) is 3.58. The van der Waals surface area contributed by atoms with Crippen LogP contribution >= 0.6 is 46.4 Å². The monoisotopic (exact) mass is 342 g/mol. The number of rotatable bonds is 0. The number of benzene rings is 2. The molecule has 0 nitrogen and oxygen atoms in total. The minimum Gasteiger partial charge on any atom is -0.120 e. The molecule has 0 radical (unpaired) electrons. The summed E-state index contributed by atoms with van der Waals surface area (Å²) >= 11 is 25.6. The quantitative estimate of drug-likeness (QED) is 0.530. The third-order valence-corrected chi connectivity index (χ3v) is 6.30. The van der Waals surface area contributed by atoms with Crippen LogP contribution < -0.4 is 0 Å². The Labute approximate surface area is 137 Å². The highest BCUT2D eigenvalue weighted by Gasteiger charge is 2.48. The van der Waals surface area contributed by atoms with Crippen LogP contribution in [0.1, 0.15) is 34.1 Å². The standard InChI is InChI=1S/C16H10Cl4/c17-11-5-9-10(6-12(11)18)14-8-4-2-1-3-7(8)13(9)15(19)16(14)20/h1-6,13-16H/t13-,14-,15+,16+/m1/s1. The maximum atomic E-state index is 6.60. The summed E-state index contributed by atoms with van der Waals surface area (Å²) in [6.45, 7) is 0. The molecule has 0 spiro atoms. The van der Waals surface area contributed by atoms with Gasteiger partial charge in [0.15, 0.2) is 0 Å². The second-order valence-electron chi connectivity index (χ2n) is 5.37. The van der Waals surface area contributed by atoms with Gasteiger partial charge in [-0.15, -0.1) is 23.2 Å². The van der Waals surface area contributed by atoms with Crippen molar-refractivity contribution in [1.82, 2.24) is 0 Å². The van der Waals surface area contributed by atoms with Gasteiger partial charge in [0.2, 0.25) is 0 Å². The van der Waals surface area contributed by atoms with Crippen LogP contribution in [0, 0.1) is 0 Å². The Morgan fingerprint density at radius 2 is 1.05 bits per heavy atom. The van der Waals surface area contributed by atoms with E-state index in [1.54, 1.807) is 0 Å². The second-order valence-corrected chi connectivity index (χ2v) is 7.19. The van der Waals surface area contributed by atoms with Crippen LogP contribution in [-0.2, 0) is 0 Å². The van der Waals surface area contributed by atoms with Gasteiger partial charge in [0.25, 0.3) is 0 Å². The van der Waals surface area contributed by atoms with E-state index in [9.17, 15) is 0 Å². The van der Waals surface area contributed by atoms with Gasteiger partial charge in [-0.1, -0.05) is 47.5 Å². The molecular formula is C16H10Cl4. The van der Waals surface area contributed by atoms with Crippen molar-refractivity contribution < 1.29 is 0 Å². The molecule has 0 saturated heterocycles. The molecule has 4 heteroatoms. The lowest BCUT2D eigenvalue weighted by Gasteiger charge is -2.46. The van der Waals surface area contributed by atoms with Crippen LogP contribution in [0.5, 0.6) is 0 Å². The van der Waals surface area contributed by atoms with E-state index in [0.717, 1.165) is 0 Å². The molecule has 3 aliphatic rings. The summed E-state index contributed by atoms with van der Waals surface area (Å²) in [5, 5.41) is 0.901. The first-order chi connectivity index (χ1) is 9.59. The molecule has 0 N–H and O–H groups in total. The van der Waals surface area contributed by atoms with E-state index >= 15 is 0 Å². The summed E-state index contributed by atoms with van der Waals surface area (Å²) in [5.41, 5.74) is 4.86. The average molecular weight is 344 g/mol. The van der Waals surface area contributed by atoms with E-state index in [-0.39, 0.29) is 22.6 Å². The smallest absolute Gasteiger partial charge is 0.0618 e. The number of hydrogen-bond acceptors (Lipinski definition) is 0. The predicted molar refractivity (Wildman–Crippen MR) is 85.9 cm³/mol. The van der Waals surface area contributed by atoms with Gasteiger partial charge < -0.3 is 0 Å². The van der Waals surface area contributed by atoms with Gasteiger partial charge >= 0.3 is 0 Å². The molecule has 3 aliphatic carbocycles. The summed E-state index contributed by atoms with van der Waals surface area (Å²) in [5.74, 6) is 0.176. The number of hydrogen-bond donors (Lipinski definition) is 0. The molecule has 102 valence electrons. The fourth-order valence-corrected chi connectivity index (χ4v) is 4.76. The van der Waals surface area contributed by atoms with Crippen molar-refractivity contribution in [2.24, 2.45) is 0 Å². The molecule has 0 aromatic heterocycles. The van der Waals surface area contributed by atoms with Gasteiger partial charge in [0, 0.05) is 11.8 Å². The van der Waals surface area contributed by atoms with Crippen molar-refractivity contribution in [2.45, 2.75) is 22.6 Å². The van der Waals surface area contributed by atoms with Crippen molar-refractivity contribution in [1.29, 1.82) is 0 Å². The molecule has 4 atom stereocenters. The Hall–Kier alpha value is -0.400. The Morgan fingerprint density at radius 3 is 1.45 bits per heavy atom. The summed E-state index contributed by atoms with van der Waals surface area (Å²) in [6.07, 6.45) is 0. The van der Waals surface area contributed by atoms with Crippen molar-refractivity contribution >= 4 is 46.4 Å². The van der Waals surface area contributed by atoms with E-state index in [1.807, 2.05) is 24.3 Å². The summed E-state index contributed by atoms with van der Waals surface area (Å²) < 4.78 is 0. The first kappa shape index (κ1) is 13.3. The minimum absolute atomic E-state index is 0.0881. The zero-order chi connectivity index (χ0) is 14.0. The molecule has 0 heterocycles. The molecule has 5 rings (SSSR count). The first-order valence-corrected chi connectivity index (χ1v) is 8.08. The lowest BCUT2D eigenvalue weighted by molar-refractivity contribution is 0.535. The molecule has 2 aromatic rings. The summed E-state index contributed by atoms with van der Waals surface area (Å²) in [6, 6.07) is 12.3. The SMILES string of the molecule is Clc1cc2c(cc1Cl)[C@H]1c3ccccc3[C@H]2[C@H](Cl)[C@H]1Cl. The van der Waals surface area contributed by atoms with Crippen LogP contribution in [0.15, 0.2) is 36.4 Å². The number of halogens is 4. The lowest BCUT2D eigenvalue weighted by Crippen LogP contribution is -2.41. The zero-order valence-electron chi connectivity index (χ0n) is 10.3. The summed E-state index contributed by atoms with van der Waals surface area (Å²) in [7, 11) is 0.